The lowest BCUT2D eigenvalue weighted by Gasteiger charge is -2.06. The molecule has 0 saturated carbocycles. The lowest BCUT2D eigenvalue weighted by atomic mass is 10.3. The molecule has 0 radical (unpaired) electrons. The quantitative estimate of drug-likeness (QED) is 0.609. The van der Waals surface area contributed by atoms with Crippen molar-refractivity contribution in [3.05, 3.63) is 36.2 Å². The monoisotopic (exact) mass is 197 g/mol. The van der Waals surface area contributed by atoms with E-state index in [0.717, 1.165) is 0 Å². The molecule has 1 aromatic heterocycles. The summed E-state index contributed by atoms with van der Waals surface area (Å²) in [5.41, 5.74) is 6.83. The predicted octanol–water partition coefficient (Wildman–Crippen LogP) is 0.523. The Kier molecular flexibility index (Phi) is 3.55. The molecule has 0 aromatic carbocycles. The van der Waals surface area contributed by atoms with E-state index in [9.17, 15) is 0 Å². The highest BCUT2D eigenvalue weighted by atomic mass is 17.1. The van der Waals surface area contributed by atoms with Crippen molar-refractivity contribution < 1.29 is 15.3 Å². The molecular weight excluding hydrogens is 186 g/mol. The van der Waals surface area contributed by atoms with E-state index < -0.39 is 0 Å². The molecular formula is C8H11N3O3. The first-order valence-electron chi connectivity index (χ1n) is 3.81. The van der Waals surface area contributed by atoms with Gasteiger partial charge in [-0.15, -0.1) is 0 Å². The van der Waals surface area contributed by atoms with Crippen LogP contribution in [0.2, 0.25) is 0 Å². The lowest BCUT2D eigenvalue weighted by Crippen LogP contribution is -2.14. The summed E-state index contributed by atoms with van der Waals surface area (Å²) in [6.45, 7) is 3.47. The third-order valence-corrected chi connectivity index (χ3v) is 1.46. The van der Waals surface area contributed by atoms with E-state index in [4.69, 9.17) is 16.1 Å². The molecule has 0 aliphatic rings. The highest BCUT2D eigenvalue weighted by Gasteiger charge is 2.01. The molecule has 1 aromatic rings. The molecule has 0 saturated heterocycles. The van der Waals surface area contributed by atoms with E-state index in [-0.39, 0.29) is 12.0 Å². The maximum Gasteiger partial charge on any atom is 0.116 e. The van der Waals surface area contributed by atoms with E-state index in [1.165, 1.54) is 0 Å². The zero-order valence-electron chi connectivity index (χ0n) is 7.42. The summed E-state index contributed by atoms with van der Waals surface area (Å²) in [6, 6.07) is 5.08. The third kappa shape index (κ3) is 3.11. The summed E-state index contributed by atoms with van der Waals surface area (Å²) in [6.07, 6.45) is 0. The summed E-state index contributed by atoms with van der Waals surface area (Å²) >= 11 is 0. The van der Waals surface area contributed by atoms with Crippen LogP contribution in [-0.2, 0) is 11.4 Å². The van der Waals surface area contributed by atoms with Crippen LogP contribution in [0.4, 0.5) is 0 Å². The molecule has 76 valence electrons. The molecule has 1 rings (SSSR count). The van der Waals surface area contributed by atoms with Gasteiger partial charge in [0.15, 0.2) is 0 Å². The number of hydrogen-bond acceptors (Lipinski definition) is 6. The number of pyridine rings is 1. The van der Waals surface area contributed by atoms with Gasteiger partial charge in [0.2, 0.25) is 0 Å². The molecule has 0 atom stereocenters. The van der Waals surface area contributed by atoms with Crippen LogP contribution in [0, 0.1) is 0 Å². The van der Waals surface area contributed by atoms with Crippen molar-refractivity contribution in [1.29, 1.82) is 0 Å². The standard InChI is InChI=1S/C8H11N3O3/c1-6(9)8-4-2-3-7(10-8)5-14-11(12)13/h2-4,12-13H,1,5,9H2. The topological polar surface area (TPSA) is 91.8 Å². The van der Waals surface area contributed by atoms with E-state index in [0.29, 0.717) is 17.1 Å². The highest BCUT2D eigenvalue weighted by molar-refractivity contribution is 5.56. The van der Waals surface area contributed by atoms with Crippen molar-refractivity contribution in [3.8, 4) is 0 Å². The van der Waals surface area contributed by atoms with Gasteiger partial charge in [0.25, 0.3) is 0 Å². The summed E-state index contributed by atoms with van der Waals surface area (Å²) < 4.78 is 0. The van der Waals surface area contributed by atoms with Gasteiger partial charge in [-0.2, -0.15) is 0 Å². The van der Waals surface area contributed by atoms with Crippen LogP contribution in [0.1, 0.15) is 11.4 Å². The summed E-state index contributed by atoms with van der Waals surface area (Å²) in [4.78, 5) is 8.42. The maximum atomic E-state index is 8.29. The zero-order chi connectivity index (χ0) is 10.6. The third-order valence-electron chi connectivity index (χ3n) is 1.46. The fraction of sp³-hybridized carbons (Fsp3) is 0.125. The van der Waals surface area contributed by atoms with Gasteiger partial charge in [-0.3, -0.25) is 10.4 Å². The molecule has 0 aliphatic carbocycles. The van der Waals surface area contributed by atoms with E-state index in [1.807, 2.05) is 0 Å². The van der Waals surface area contributed by atoms with Crippen LogP contribution in [0.25, 0.3) is 5.70 Å². The molecule has 1 heterocycles. The van der Waals surface area contributed by atoms with Crippen LogP contribution in [0.15, 0.2) is 24.8 Å². The van der Waals surface area contributed by atoms with Crippen LogP contribution in [-0.4, -0.2) is 20.8 Å². The highest BCUT2D eigenvalue weighted by Crippen LogP contribution is 2.05. The summed E-state index contributed by atoms with van der Waals surface area (Å²) in [7, 11) is 0. The number of nitrogens with zero attached hydrogens (tertiary/aromatic N) is 2. The van der Waals surface area contributed by atoms with Crippen molar-refractivity contribution >= 4 is 5.70 Å². The Hall–Kier alpha value is -1.47. The van der Waals surface area contributed by atoms with Gasteiger partial charge in [0.1, 0.15) is 6.61 Å². The molecule has 0 fully saturated rings. The average molecular weight is 197 g/mol. The Labute approximate surface area is 80.7 Å². The Bertz CT molecular complexity index is 327. The van der Waals surface area contributed by atoms with Crippen LogP contribution < -0.4 is 5.73 Å². The predicted molar refractivity (Wildman–Crippen MR) is 47.7 cm³/mol. The molecule has 14 heavy (non-hydrogen) atoms. The Morgan fingerprint density at radius 2 is 2.29 bits per heavy atom. The minimum absolute atomic E-state index is 0.0614. The SMILES string of the molecule is C=C(N)c1cccc(CON(O)O)n1. The summed E-state index contributed by atoms with van der Waals surface area (Å²) in [5, 5.41) is 16.2. The number of nitrogens with two attached hydrogens (primary N) is 1. The van der Waals surface area contributed by atoms with Crippen LogP contribution in [0.5, 0.6) is 0 Å². The number of aromatic nitrogens is 1. The van der Waals surface area contributed by atoms with Gasteiger partial charge in [0.05, 0.1) is 22.5 Å². The maximum absolute atomic E-state index is 8.29. The normalized spacial score (nSPS) is 10.5. The van der Waals surface area contributed by atoms with Crippen molar-refractivity contribution in [2.75, 3.05) is 0 Å². The first kappa shape index (κ1) is 10.6. The Morgan fingerprint density at radius 3 is 2.86 bits per heavy atom. The van der Waals surface area contributed by atoms with Gasteiger partial charge in [-0.05, 0) is 12.1 Å². The van der Waals surface area contributed by atoms with E-state index in [1.54, 1.807) is 18.2 Å². The Balaban J connectivity index is 2.69. The minimum atomic E-state index is -0.369. The zero-order valence-corrected chi connectivity index (χ0v) is 7.42. The van der Waals surface area contributed by atoms with Gasteiger partial charge in [0, 0.05) is 0 Å². The Morgan fingerprint density at radius 1 is 1.57 bits per heavy atom. The van der Waals surface area contributed by atoms with E-state index >= 15 is 0 Å². The van der Waals surface area contributed by atoms with Crippen molar-refractivity contribution in [2.45, 2.75) is 6.61 Å². The second kappa shape index (κ2) is 4.68. The van der Waals surface area contributed by atoms with Crippen molar-refractivity contribution in [1.82, 2.24) is 10.4 Å². The molecule has 0 bridgehead atoms. The van der Waals surface area contributed by atoms with Gasteiger partial charge < -0.3 is 5.73 Å². The van der Waals surface area contributed by atoms with Gasteiger partial charge in [-0.1, -0.05) is 12.6 Å². The lowest BCUT2D eigenvalue weighted by molar-refractivity contribution is -0.497. The molecule has 6 heteroatoms. The van der Waals surface area contributed by atoms with Crippen molar-refractivity contribution in [2.24, 2.45) is 5.73 Å². The molecule has 6 nitrogen and oxygen atoms in total. The fourth-order valence-electron chi connectivity index (χ4n) is 0.863. The molecule has 0 spiro atoms. The fourth-order valence-corrected chi connectivity index (χ4v) is 0.863. The molecule has 0 amide bonds. The number of rotatable bonds is 4. The van der Waals surface area contributed by atoms with Crippen LogP contribution in [0.3, 0.4) is 0 Å². The second-order valence-corrected chi connectivity index (χ2v) is 2.57. The average Bonchev–Trinajstić information content (AvgIpc) is 2.15. The largest absolute Gasteiger partial charge is 0.397 e. The van der Waals surface area contributed by atoms with Crippen LogP contribution >= 0.6 is 0 Å². The van der Waals surface area contributed by atoms with Gasteiger partial charge >= 0.3 is 0 Å². The molecule has 0 unspecified atom stereocenters. The second-order valence-electron chi connectivity index (χ2n) is 2.57. The molecule has 0 aliphatic heterocycles. The van der Waals surface area contributed by atoms with Gasteiger partial charge in [-0.25, -0.2) is 9.82 Å². The molecule has 4 N–H and O–H groups in total. The summed E-state index contributed by atoms with van der Waals surface area (Å²) in [5.74, 6) is 0. The van der Waals surface area contributed by atoms with Crippen molar-refractivity contribution in [3.63, 3.8) is 0 Å². The number of hydrogen-bond donors (Lipinski definition) is 3. The first-order chi connectivity index (χ1) is 6.59. The smallest absolute Gasteiger partial charge is 0.116 e. The first-order valence-corrected chi connectivity index (χ1v) is 3.81. The minimum Gasteiger partial charge on any atom is -0.397 e. The van der Waals surface area contributed by atoms with E-state index in [2.05, 4.69) is 16.4 Å².